The lowest BCUT2D eigenvalue weighted by molar-refractivity contribution is -0.124. The van der Waals surface area contributed by atoms with Gasteiger partial charge in [-0.25, -0.2) is 0 Å². The Morgan fingerprint density at radius 2 is 2.54 bits per heavy atom. The average molecular weight is 203 g/mol. The Morgan fingerprint density at radius 3 is 3.08 bits per heavy atom. The van der Waals surface area contributed by atoms with E-state index in [0.29, 0.717) is 13.2 Å². The topological polar surface area (TPSA) is 67.9 Å². The molecule has 0 radical (unpaired) electrons. The third kappa shape index (κ3) is 2.72. The van der Waals surface area contributed by atoms with Crippen molar-refractivity contribution in [2.75, 3.05) is 19.3 Å². The number of hydrogen-bond acceptors (Lipinski definition) is 4. The summed E-state index contributed by atoms with van der Waals surface area (Å²) in [6, 6.07) is 0. The van der Waals surface area contributed by atoms with Crippen LogP contribution in [0.2, 0.25) is 0 Å². The van der Waals surface area contributed by atoms with E-state index in [1.54, 1.807) is 0 Å². The van der Waals surface area contributed by atoms with Crippen molar-refractivity contribution in [1.29, 1.82) is 0 Å². The van der Waals surface area contributed by atoms with E-state index in [-0.39, 0.29) is 5.91 Å². The molecule has 74 valence electrons. The van der Waals surface area contributed by atoms with E-state index < -0.39 is 8.30 Å². The Balaban J connectivity index is 2.52. The third-order valence-electron chi connectivity index (χ3n) is 1.48. The van der Waals surface area contributed by atoms with E-state index in [4.69, 9.17) is 10.3 Å². The predicted molar refractivity (Wildman–Crippen MR) is 52.4 cm³/mol. The molecule has 1 unspecified atom stereocenters. The van der Waals surface area contributed by atoms with Crippen molar-refractivity contribution < 1.29 is 9.32 Å². The standard InChI is InChI=1S/C7H14N3O2P/c1-6-5-13(12-4-3-8)10(9-6)7(2)11/h3-5,8H2,1-2H3. The molecule has 1 atom stereocenters. The molecule has 0 aromatic rings. The Labute approximate surface area is 78.8 Å². The van der Waals surface area contributed by atoms with Crippen molar-refractivity contribution in [1.82, 2.24) is 4.78 Å². The highest BCUT2D eigenvalue weighted by Crippen LogP contribution is 2.45. The molecule has 1 rings (SSSR count). The first-order chi connectivity index (χ1) is 6.15. The van der Waals surface area contributed by atoms with Crippen LogP contribution in [0.3, 0.4) is 0 Å². The Bertz CT molecular complexity index is 232. The number of carbonyl (C=O) groups excluding carboxylic acids is 1. The van der Waals surface area contributed by atoms with Crippen molar-refractivity contribution in [3.8, 4) is 0 Å². The fourth-order valence-electron chi connectivity index (χ4n) is 0.992. The molecule has 1 heterocycles. The van der Waals surface area contributed by atoms with E-state index in [9.17, 15) is 4.79 Å². The lowest BCUT2D eigenvalue weighted by atomic mass is 10.5. The maximum Gasteiger partial charge on any atom is 0.244 e. The predicted octanol–water partition coefficient (Wildman–Crippen LogP) is 0.512. The van der Waals surface area contributed by atoms with Crippen LogP contribution < -0.4 is 5.73 Å². The monoisotopic (exact) mass is 203 g/mol. The van der Waals surface area contributed by atoms with Gasteiger partial charge in [0.2, 0.25) is 5.91 Å². The normalized spacial score (nSPS) is 21.9. The highest BCUT2D eigenvalue weighted by Gasteiger charge is 2.28. The van der Waals surface area contributed by atoms with Gasteiger partial charge in [-0.1, -0.05) is 0 Å². The molecule has 13 heavy (non-hydrogen) atoms. The summed E-state index contributed by atoms with van der Waals surface area (Å²) >= 11 is 0. The lowest BCUT2D eigenvalue weighted by Gasteiger charge is -2.18. The van der Waals surface area contributed by atoms with Crippen LogP contribution in [0.4, 0.5) is 0 Å². The first-order valence-electron chi connectivity index (χ1n) is 4.10. The molecular formula is C7H14N3O2P. The number of nitrogens with zero attached hydrogens (tertiary/aromatic N) is 2. The average Bonchev–Trinajstić information content (AvgIpc) is 2.43. The van der Waals surface area contributed by atoms with Crippen molar-refractivity contribution in [2.45, 2.75) is 13.8 Å². The van der Waals surface area contributed by atoms with Crippen LogP contribution in [0.1, 0.15) is 13.8 Å². The minimum atomic E-state index is -0.893. The van der Waals surface area contributed by atoms with Crippen LogP contribution in [0, 0.1) is 0 Å². The van der Waals surface area contributed by atoms with Crippen LogP contribution in [-0.2, 0) is 9.32 Å². The molecule has 1 aliphatic heterocycles. The lowest BCUT2D eigenvalue weighted by Crippen LogP contribution is -2.17. The zero-order valence-corrected chi connectivity index (χ0v) is 8.75. The summed E-state index contributed by atoms with van der Waals surface area (Å²) in [6.45, 7) is 4.34. The Kier molecular flexibility index (Phi) is 3.78. The molecule has 0 aromatic heterocycles. The quantitative estimate of drug-likeness (QED) is 0.679. The Hall–Kier alpha value is -0.510. The van der Waals surface area contributed by atoms with Gasteiger partial charge in [0.25, 0.3) is 0 Å². The summed E-state index contributed by atoms with van der Waals surface area (Å²) in [6.07, 6.45) is 0.745. The molecule has 5 nitrogen and oxygen atoms in total. The molecule has 0 aromatic carbocycles. The van der Waals surface area contributed by atoms with Gasteiger partial charge in [0.15, 0.2) is 8.30 Å². The molecule has 6 heteroatoms. The molecule has 0 saturated carbocycles. The van der Waals surface area contributed by atoms with Gasteiger partial charge < -0.3 is 10.3 Å². The number of carbonyl (C=O) groups is 1. The molecular weight excluding hydrogens is 189 g/mol. The zero-order chi connectivity index (χ0) is 9.84. The van der Waals surface area contributed by atoms with Gasteiger partial charge in [0, 0.05) is 19.2 Å². The second kappa shape index (κ2) is 4.65. The minimum absolute atomic E-state index is 0.0695. The van der Waals surface area contributed by atoms with Crippen molar-refractivity contribution in [2.24, 2.45) is 10.8 Å². The first-order valence-corrected chi connectivity index (χ1v) is 5.50. The second-order valence-corrected chi connectivity index (χ2v) is 4.43. The summed E-state index contributed by atoms with van der Waals surface area (Å²) in [7, 11) is -0.893. The van der Waals surface area contributed by atoms with Gasteiger partial charge >= 0.3 is 0 Å². The molecule has 1 amide bonds. The van der Waals surface area contributed by atoms with Crippen LogP contribution >= 0.6 is 8.30 Å². The van der Waals surface area contributed by atoms with Crippen LogP contribution in [0.15, 0.2) is 5.10 Å². The number of hydrazone groups is 1. The van der Waals surface area contributed by atoms with Crippen LogP contribution in [0.25, 0.3) is 0 Å². The second-order valence-electron chi connectivity index (χ2n) is 2.78. The summed E-state index contributed by atoms with van der Waals surface area (Å²) < 4.78 is 6.86. The molecule has 0 bridgehead atoms. The zero-order valence-electron chi connectivity index (χ0n) is 7.86. The van der Waals surface area contributed by atoms with E-state index in [1.807, 2.05) is 6.92 Å². The SMILES string of the molecule is CC(=O)N1N=C(C)CP1OCCN. The molecule has 0 saturated heterocycles. The van der Waals surface area contributed by atoms with Gasteiger partial charge in [0.1, 0.15) is 0 Å². The van der Waals surface area contributed by atoms with Crippen molar-refractivity contribution in [3.05, 3.63) is 0 Å². The van der Waals surface area contributed by atoms with Gasteiger partial charge in [-0.3, -0.25) is 4.79 Å². The highest BCUT2D eigenvalue weighted by molar-refractivity contribution is 7.52. The molecule has 2 N–H and O–H groups in total. The first kappa shape index (κ1) is 10.6. The van der Waals surface area contributed by atoms with Gasteiger partial charge in [-0.15, -0.1) is 0 Å². The van der Waals surface area contributed by atoms with Crippen molar-refractivity contribution in [3.63, 3.8) is 0 Å². The molecule has 0 aliphatic carbocycles. The maximum atomic E-state index is 11.1. The fourth-order valence-corrected chi connectivity index (χ4v) is 2.66. The van der Waals surface area contributed by atoms with Crippen LogP contribution in [-0.4, -0.2) is 35.7 Å². The number of hydrogen-bond donors (Lipinski definition) is 1. The fraction of sp³-hybridized carbons (Fsp3) is 0.714. The molecule has 0 fully saturated rings. The summed E-state index contributed by atoms with van der Waals surface area (Å²) in [4.78, 5) is 11.1. The summed E-state index contributed by atoms with van der Waals surface area (Å²) in [5.41, 5.74) is 6.25. The largest absolute Gasteiger partial charge is 0.336 e. The smallest absolute Gasteiger partial charge is 0.244 e. The number of amides is 1. The molecule has 0 spiro atoms. The van der Waals surface area contributed by atoms with E-state index in [1.165, 1.54) is 11.7 Å². The van der Waals surface area contributed by atoms with Gasteiger partial charge in [-0.2, -0.15) is 9.88 Å². The maximum absolute atomic E-state index is 11.1. The summed E-state index contributed by atoms with van der Waals surface area (Å²) in [5.74, 6) is -0.0695. The van der Waals surface area contributed by atoms with E-state index in [2.05, 4.69) is 5.10 Å². The highest BCUT2D eigenvalue weighted by atomic mass is 31.2. The number of nitrogens with two attached hydrogens (primary N) is 1. The van der Waals surface area contributed by atoms with Gasteiger partial charge in [-0.05, 0) is 6.92 Å². The minimum Gasteiger partial charge on any atom is -0.336 e. The third-order valence-corrected chi connectivity index (χ3v) is 3.48. The van der Waals surface area contributed by atoms with Crippen molar-refractivity contribution >= 4 is 19.9 Å². The van der Waals surface area contributed by atoms with Gasteiger partial charge in [0.05, 0.1) is 12.8 Å². The summed E-state index contributed by atoms with van der Waals surface area (Å²) in [5, 5.41) is 4.09. The Morgan fingerprint density at radius 1 is 1.85 bits per heavy atom. The van der Waals surface area contributed by atoms with E-state index >= 15 is 0 Å². The molecule has 1 aliphatic rings. The van der Waals surface area contributed by atoms with E-state index in [0.717, 1.165) is 11.9 Å². The number of rotatable bonds is 3. The van der Waals surface area contributed by atoms with Crippen LogP contribution in [0.5, 0.6) is 0 Å².